The number of hydrogen-bond acceptors (Lipinski definition) is 4. The summed E-state index contributed by atoms with van der Waals surface area (Å²) in [5, 5.41) is 8.94. The van der Waals surface area contributed by atoms with E-state index in [1.165, 1.54) is 10.8 Å². The monoisotopic (exact) mass is 260 g/mol. The molecule has 1 N–H and O–H groups in total. The summed E-state index contributed by atoms with van der Waals surface area (Å²) in [6.45, 7) is 2.13. The molecule has 0 spiro atoms. The van der Waals surface area contributed by atoms with Gasteiger partial charge in [-0.25, -0.2) is 4.79 Å². The smallest absolute Gasteiger partial charge is 0.336 e. The highest BCUT2D eigenvalue weighted by atomic mass is 33.5. The maximum atomic E-state index is 10.9. The summed E-state index contributed by atoms with van der Waals surface area (Å²) in [4.78, 5) is 11.7. The Bertz CT molecular complexity index is 328. The number of carbonyl (C=O) groups is 1. The summed E-state index contributed by atoms with van der Waals surface area (Å²) in [6, 6.07) is 7.08. The van der Waals surface area contributed by atoms with E-state index in [0.717, 1.165) is 17.1 Å². The molecule has 5 heteroatoms. The van der Waals surface area contributed by atoms with Crippen LogP contribution in [-0.2, 0) is 0 Å². The molecule has 15 heavy (non-hydrogen) atoms. The topological polar surface area (TPSA) is 37.3 Å². The van der Waals surface area contributed by atoms with Crippen LogP contribution in [0.5, 0.6) is 0 Å². The van der Waals surface area contributed by atoms with Gasteiger partial charge < -0.3 is 5.11 Å². The molecule has 1 aromatic carbocycles. The molecule has 82 valence electrons. The van der Waals surface area contributed by atoms with Gasteiger partial charge in [-0.15, -0.1) is 0 Å². The summed E-state index contributed by atoms with van der Waals surface area (Å²) in [5.74, 6) is 0.228. The van der Waals surface area contributed by atoms with E-state index in [9.17, 15) is 4.79 Å². The molecule has 0 heterocycles. The van der Waals surface area contributed by atoms with Gasteiger partial charge >= 0.3 is 5.97 Å². The second-order valence-electron chi connectivity index (χ2n) is 2.77. The standard InChI is InChI=1S/C10H12O2S3/c1-2-7-13-15-14-9-6-4-3-5-8(9)10(11)12/h3-6H,2,7H2,1H3,(H,11,12). The van der Waals surface area contributed by atoms with Gasteiger partial charge in [-0.1, -0.05) is 29.9 Å². The lowest BCUT2D eigenvalue weighted by molar-refractivity contribution is 0.0693. The van der Waals surface area contributed by atoms with Crippen LogP contribution in [-0.4, -0.2) is 16.8 Å². The Hall–Kier alpha value is -0.260. The number of hydrogen-bond donors (Lipinski definition) is 1. The molecule has 0 amide bonds. The average Bonchev–Trinajstić information content (AvgIpc) is 2.25. The molecule has 0 bridgehead atoms. The van der Waals surface area contributed by atoms with Gasteiger partial charge in [0.2, 0.25) is 0 Å². The number of aromatic carboxylic acids is 1. The lowest BCUT2D eigenvalue weighted by atomic mass is 10.2. The lowest BCUT2D eigenvalue weighted by Crippen LogP contribution is -1.97. The molecule has 0 saturated carbocycles. The van der Waals surface area contributed by atoms with Crippen molar-refractivity contribution in [1.29, 1.82) is 0 Å². The van der Waals surface area contributed by atoms with Crippen molar-refractivity contribution in [2.24, 2.45) is 0 Å². The molecule has 0 saturated heterocycles. The highest BCUT2D eigenvalue weighted by Crippen LogP contribution is 2.41. The van der Waals surface area contributed by atoms with Crippen LogP contribution in [0, 0.1) is 0 Å². The third kappa shape index (κ3) is 4.40. The average molecular weight is 260 g/mol. The number of rotatable bonds is 6. The van der Waals surface area contributed by atoms with Crippen molar-refractivity contribution < 1.29 is 9.90 Å². The van der Waals surface area contributed by atoms with Gasteiger partial charge in [0, 0.05) is 10.6 Å². The maximum Gasteiger partial charge on any atom is 0.336 e. The van der Waals surface area contributed by atoms with Crippen molar-refractivity contribution in [3.05, 3.63) is 29.8 Å². The summed E-state index contributed by atoms with van der Waals surface area (Å²) in [6.07, 6.45) is 1.14. The summed E-state index contributed by atoms with van der Waals surface area (Å²) in [7, 11) is 4.90. The zero-order valence-electron chi connectivity index (χ0n) is 8.30. The zero-order chi connectivity index (χ0) is 11.1. The molecular formula is C10H12O2S3. The van der Waals surface area contributed by atoms with Crippen LogP contribution in [0.25, 0.3) is 0 Å². The first-order chi connectivity index (χ1) is 7.25. The van der Waals surface area contributed by atoms with Crippen molar-refractivity contribution in [2.45, 2.75) is 18.2 Å². The van der Waals surface area contributed by atoms with Crippen LogP contribution in [0.4, 0.5) is 0 Å². The van der Waals surface area contributed by atoms with Crippen molar-refractivity contribution in [1.82, 2.24) is 0 Å². The first-order valence-corrected chi connectivity index (χ1v) is 8.19. The molecule has 0 aliphatic carbocycles. The SMILES string of the molecule is CCCSSSc1ccccc1C(=O)O. The quantitative estimate of drug-likeness (QED) is 0.613. The number of carboxylic acid groups (broad SMARTS) is 1. The van der Waals surface area contributed by atoms with E-state index >= 15 is 0 Å². The predicted molar refractivity (Wildman–Crippen MR) is 69.6 cm³/mol. The first kappa shape index (κ1) is 12.8. The summed E-state index contributed by atoms with van der Waals surface area (Å²) >= 11 is 0. The van der Waals surface area contributed by atoms with Crippen molar-refractivity contribution in [3.63, 3.8) is 0 Å². The normalized spacial score (nSPS) is 10.2. The Labute approximate surface area is 101 Å². The fraction of sp³-hybridized carbons (Fsp3) is 0.300. The Balaban J connectivity index is 2.56. The van der Waals surface area contributed by atoms with Gasteiger partial charge in [0.05, 0.1) is 5.56 Å². The van der Waals surface area contributed by atoms with Gasteiger partial charge in [0.25, 0.3) is 0 Å². The van der Waals surface area contributed by atoms with E-state index in [1.807, 2.05) is 12.1 Å². The molecule has 0 radical (unpaired) electrons. The second-order valence-corrected chi connectivity index (χ2v) is 7.00. The van der Waals surface area contributed by atoms with Crippen LogP contribution in [0.1, 0.15) is 23.7 Å². The third-order valence-electron chi connectivity index (χ3n) is 1.58. The Morgan fingerprint density at radius 1 is 1.40 bits per heavy atom. The van der Waals surface area contributed by atoms with Crippen molar-refractivity contribution >= 4 is 37.4 Å². The second kappa shape index (κ2) is 7.09. The minimum atomic E-state index is -0.862. The van der Waals surface area contributed by atoms with E-state index in [-0.39, 0.29) is 0 Å². The molecule has 0 aliphatic rings. The first-order valence-electron chi connectivity index (χ1n) is 4.54. The number of benzene rings is 1. The molecule has 1 rings (SSSR count). The third-order valence-corrected chi connectivity index (χ3v) is 5.86. The van der Waals surface area contributed by atoms with Crippen molar-refractivity contribution in [2.75, 3.05) is 5.75 Å². The van der Waals surface area contributed by atoms with E-state index in [2.05, 4.69) is 6.92 Å². The van der Waals surface area contributed by atoms with Crippen LogP contribution in [0.3, 0.4) is 0 Å². The van der Waals surface area contributed by atoms with Crippen LogP contribution < -0.4 is 0 Å². The molecule has 0 fully saturated rings. The largest absolute Gasteiger partial charge is 0.478 e. The van der Waals surface area contributed by atoms with Gasteiger partial charge in [0.15, 0.2) is 0 Å². The molecule has 1 aromatic rings. The highest BCUT2D eigenvalue weighted by Gasteiger charge is 2.09. The zero-order valence-corrected chi connectivity index (χ0v) is 10.8. The van der Waals surface area contributed by atoms with Gasteiger partial charge in [0.1, 0.15) is 0 Å². The van der Waals surface area contributed by atoms with Crippen LogP contribution in [0.2, 0.25) is 0 Å². The van der Waals surface area contributed by atoms with Gasteiger partial charge in [-0.05, 0) is 39.2 Å². The van der Waals surface area contributed by atoms with Crippen LogP contribution in [0.15, 0.2) is 29.2 Å². The lowest BCUT2D eigenvalue weighted by Gasteiger charge is -2.03. The summed E-state index contributed by atoms with van der Waals surface area (Å²) in [5.41, 5.74) is 0.382. The Morgan fingerprint density at radius 2 is 2.13 bits per heavy atom. The summed E-state index contributed by atoms with van der Waals surface area (Å²) < 4.78 is 0. The van der Waals surface area contributed by atoms with E-state index in [0.29, 0.717) is 5.56 Å². The molecular weight excluding hydrogens is 248 g/mol. The predicted octanol–water partition coefficient (Wildman–Crippen LogP) is 4.18. The number of carboxylic acids is 1. The van der Waals surface area contributed by atoms with Crippen molar-refractivity contribution in [3.8, 4) is 0 Å². The maximum absolute atomic E-state index is 10.9. The molecule has 0 unspecified atom stereocenters. The van der Waals surface area contributed by atoms with Crippen LogP contribution >= 0.6 is 31.4 Å². The van der Waals surface area contributed by atoms with E-state index in [4.69, 9.17) is 5.11 Å². The van der Waals surface area contributed by atoms with E-state index in [1.54, 1.807) is 32.8 Å². The minimum absolute atomic E-state index is 0.382. The molecule has 0 atom stereocenters. The fourth-order valence-electron chi connectivity index (χ4n) is 0.894. The van der Waals surface area contributed by atoms with Gasteiger partial charge in [-0.3, -0.25) is 0 Å². The Morgan fingerprint density at radius 3 is 2.80 bits per heavy atom. The Kier molecular flexibility index (Phi) is 6.05. The molecule has 0 aliphatic heterocycles. The van der Waals surface area contributed by atoms with Gasteiger partial charge in [-0.2, -0.15) is 0 Å². The molecule has 2 nitrogen and oxygen atoms in total. The van der Waals surface area contributed by atoms with E-state index < -0.39 is 5.97 Å². The molecule has 0 aromatic heterocycles. The highest BCUT2D eigenvalue weighted by molar-refractivity contribution is 9.09. The minimum Gasteiger partial charge on any atom is -0.478 e. The fourth-order valence-corrected chi connectivity index (χ4v) is 4.84.